The van der Waals surface area contributed by atoms with Crippen LogP contribution in [0.15, 0.2) is 0 Å². The van der Waals surface area contributed by atoms with Gasteiger partial charge in [0, 0.05) is 12.8 Å². The molecule has 0 radical (unpaired) electrons. The van der Waals surface area contributed by atoms with Crippen LogP contribution < -0.4 is 4.98 Å². The van der Waals surface area contributed by atoms with Crippen molar-refractivity contribution < 1.29 is 18.0 Å². The van der Waals surface area contributed by atoms with E-state index in [1.165, 1.54) is 0 Å². The lowest BCUT2D eigenvalue weighted by molar-refractivity contribution is -0.137. The number of carbonyl (C=O) groups excluding carboxylic acids is 1. The standard InChI is InChI=1S/C23H54NO4PSi3/c1-21(2,3)30(11,12)24-19(20(25)27-31(13,14)22(4,5)6)17-18-29(10,26)28-32(15,16)23(7,8)9/h19,24H,17-18H2,1-16H3/t19-,29?/m0/s1. The molecule has 0 heterocycles. The number of carbonyl (C=O) groups is 1. The summed E-state index contributed by atoms with van der Waals surface area (Å²) in [4.78, 5) is 17.1. The molecule has 192 valence electrons. The zero-order chi connectivity index (χ0) is 26.2. The fraction of sp³-hybridized carbons (Fsp3) is 0.957. The van der Waals surface area contributed by atoms with Gasteiger partial charge in [0.25, 0.3) is 8.32 Å². The van der Waals surface area contributed by atoms with Gasteiger partial charge in [-0.15, -0.1) is 0 Å². The largest absolute Gasteiger partial charge is 0.518 e. The highest BCUT2D eigenvalue weighted by atomic mass is 31.2. The van der Waals surface area contributed by atoms with Crippen LogP contribution in [-0.4, -0.2) is 49.7 Å². The summed E-state index contributed by atoms with van der Waals surface area (Å²) in [5.74, 6) is -0.200. The Morgan fingerprint density at radius 2 is 1.22 bits per heavy atom. The topological polar surface area (TPSA) is 64.6 Å². The van der Waals surface area contributed by atoms with E-state index in [1.54, 1.807) is 6.66 Å². The summed E-state index contributed by atoms with van der Waals surface area (Å²) < 4.78 is 26.0. The Morgan fingerprint density at radius 1 is 0.812 bits per heavy atom. The maximum atomic E-state index is 13.5. The third kappa shape index (κ3) is 9.14. The SMILES string of the molecule is CC(C)(C)[Si](C)(C)N[C@@H](CCP(C)(=O)O[Si](C)(C)C(C)(C)C)C(=O)O[Si](C)(C)C(C)(C)C. The highest BCUT2D eigenvalue weighted by molar-refractivity contribution is 7.59. The molecule has 0 rings (SSSR count). The third-order valence-corrected chi connectivity index (χ3v) is 25.1. The van der Waals surface area contributed by atoms with Gasteiger partial charge in [0.15, 0.2) is 7.37 Å². The highest BCUT2D eigenvalue weighted by Gasteiger charge is 2.45. The first-order valence-electron chi connectivity index (χ1n) is 11.9. The minimum atomic E-state index is -2.85. The van der Waals surface area contributed by atoms with Crippen LogP contribution in [0, 0.1) is 0 Å². The van der Waals surface area contributed by atoms with Gasteiger partial charge in [0.1, 0.15) is 8.24 Å². The van der Waals surface area contributed by atoms with Crippen molar-refractivity contribution in [2.45, 2.75) is 129 Å². The van der Waals surface area contributed by atoms with E-state index < -0.39 is 38.3 Å². The molecule has 0 fully saturated rings. The Hall–Kier alpha value is 0.271. The highest BCUT2D eigenvalue weighted by Crippen LogP contribution is 2.52. The Morgan fingerprint density at radius 3 is 1.56 bits per heavy atom. The Bertz CT molecular complexity index is 702. The van der Waals surface area contributed by atoms with Crippen LogP contribution in [0.2, 0.25) is 54.4 Å². The van der Waals surface area contributed by atoms with Gasteiger partial charge in [-0.2, -0.15) is 0 Å². The van der Waals surface area contributed by atoms with Gasteiger partial charge >= 0.3 is 5.97 Å². The van der Waals surface area contributed by atoms with Crippen LogP contribution in [0.1, 0.15) is 68.7 Å². The van der Waals surface area contributed by atoms with Crippen molar-refractivity contribution in [3.05, 3.63) is 0 Å². The molecule has 0 aliphatic carbocycles. The van der Waals surface area contributed by atoms with Crippen molar-refractivity contribution in [2.75, 3.05) is 12.8 Å². The van der Waals surface area contributed by atoms with Crippen LogP contribution in [0.4, 0.5) is 0 Å². The van der Waals surface area contributed by atoms with E-state index in [-0.39, 0.29) is 21.1 Å². The summed E-state index contributed by atoms with van der Waals surface area (Å²) in [6.07, 6.45) is 0.834. The maximum absolute atomic E-state index is 13.5. The second-order valence-corrected chi connectivity index (χ2v) is 31.6. The third-order valence-electron chi connectivity index (χ3n) is 7.91. The van der Waals surface area contributed by atoms with Crippen molar-refractivity contribution in [1.29, 1.82) is 0 Å². The van der Waals surface area contributed by atoms with Crippen molar-refractivity contribution in [1.82, 2.24) is 4.98 Å². The van der Waals surface area contributed by atoms with Gasteiger partial charge < -0.3 is 13.6 Å². The van der Waals surface area contributed by atoms with Crippen LogP contribution in [-0.2, 0) is 18.0 Å². The van der Waals surface area contributed by atoms with Crippen molar-refractivity contribution >= 4 is 38.2 Å². The summed E-state index contributed by atoms with van der Waals surface area (Å²) in [7, 11) is -9.26. The number of hydrogen-bond donors (Lipinski definition) is 1. The summed E-state index contributed by atoms with van der Waals surface area (Å²) in [6.45, 7) is 34.2. The van der Waals surface area contributed by atoms with Crippen molar-refractivity contribution in [3.8, 4) is 0 Å². The van der Waals surface area contributed by atoms with Crippen LogP contribution in [0.5, 0.6) is 0 Å². The van der Waals surface area contributed by atoms with Crippen LogP contribution in [0.25, 0.3) is 0 Å². The fourth-order valence-corrected chi connectivity index (χ4v) is 11.0. The molecular weight excluding hydrogens is 469 g/mol. The molecule has 5 nitrogen and oxygen atoms in total. The van der Waals surface area contributed by atoms with Gasteiger partial charge in [-0.25, -0.2) is 0 Å². The summed E-state index contributed by atoms with van der Waals surface area (Å²) >= 11 is 0. The smallest absolute Gasteiger partial charge is 0.309 e. The zero-order valence-corrected chi connectivity index (χ0v) is 28.0. The van der Waals surface area contributed by atoms with Gasteiger partial charge in [-0.3, -0.25) is 9.36 Å². The molecule has 0 aromatic heterocycles. The fourth-order valence-electron chi connectivity index (χ4n) is 2.41. The number of nitrogens with one attached hydrogen (secondary N) is 1. The molecule has 0 saturated heterocycles. The molecule has 0 bridgehead atoms. The van der Waals surface area contributed by atoms with E-state index in [9.17, 15) is 9.36 Å². The Labute approximate surface area is 203 Å². The lowest BCUT2D eigenvalue weighted by Gasteiger charge is -2.42. The predicted octanol–water partition coefficient (Wildman–Crippen LogP) is 7.82. The first kappa shape index (κ1) is 32.3. The monoisotopic (exact) mass is 523 g/mol. The molecule has 0 spiro atoms. The average molecular weight is 524 g/mol. The van der Waals surface area contributed by atoms with E-state index in [0.29, 0.717) is 12.6 Å². The molecule has 0 saturated carbocycles. The van der Waals surface area contributed by atoms with Crippen LogP contribution in [0.3, 0.4) is 0 Å². The molecule has 0 aromatic rings. The van der Waals surface area contributed by atoms with Gasteiger partial charge in [0.05, 0.1) is 6.04 Å². The second-order valence-electron chi connectivity index (χ2n) is 14.1. The van der Waals surface area contributed by atoms with E-state index >= 15 is 0 Å². The summed E-state index contributed by atoms with van der Waals surface area (Å²) in [5.41, 5.74) is 0. The molecule has 0 aliphatic rings. The average Bonchev–Trinajstić information content (AvgIpc) is 2.46. The van der Waals surface area contributed by atoms with Crippen molar-refractivity contribution in [3.63, 3.8) is 0 Å². The van der Waals surface area contributed by atoms with Gasteiger partial charge in [-0.05, 0) is 47.7 Å². The van der Waals surface area contributed by atoms with E-state index in [0.717, 1.165) is 0 Å². The number of rotatable bonds is 9. The molecule has 32 heavy (non-hydrogen) atoms. The van der Waals surface area contributed by atoms with Gasteiger partial charge in [-0.1, -0.05) is 75.4 Å². The van der Waals surface area contributed by atoms with Crippen LogP contribution >= 0.6 is 7.37 Å². The van der Waals surface area contributed by atoms with Crippen molar-refractivity contribution in [2.24, 2.45) is 0 Å². The summed E-state index contributed by atoms with van der Waals surface area (Å²) in [6, 6.07) is -0.471. The minimum absolute atomic E-state index is 0.0152. The predicted molar refractivity (Wildman–Crippen MR) is 149 cm³/mol. The first-order valence-corrected chi connectivity index (χ1v) is 23.0. The minimum Gasteiger partial charge on any atom is -0.518 e. The lowest BCUT2D eigenvalue weighted by atomic mass is 10.2. The Kier molecular flexibility index (Phi) is 10.2. The second kappa shape index (κ2) is 10.1. The van der Waals surface area contributed by atoms with Gasteiger partial charge in [0.2, 0.25) is 8.32 Å². The maximum Gasteiger partial charge on any atom is 0.309 e. The first-order chi connectivity index (χ1) is 13.7. The normalized spacial score (nSPS) is 17.6. The molecule has 9 heteroatoms. The zero-order valence-electron chi connectivity index (χ0n) is 24.1. The quantitative estimate of drug-likeness (QED) is 0.246. The molecule has 0 aromatic carbocycles. The summed E-state index contributed by atoms with van der Waals surface area (Å²) in [5, 5.41) is -0.00947. The molecule has 0 amide bonds. The molecule has 0 aliphatic heterocycles. The molecule has 1 unspecified atom stereocenters. The van der Waals surface area contributed by atoms with E-state index in [1.807, 2.05) is 0 Å². The van der Waals surface area contributed by atoms with E-state index in [2.05, 4.69) is 107 Å². The number of hydrogen-bond acceptors (Lipinski definition) is 5. The Balaban J connectivity index is 5.78. The molecule has 2 atom stereocenters. The lowest BCUT2D eigenvalue weighted by Crippen LogP contribution is -2.60. The molecule has 1 N–H and O–H groups in total. The molecular formula is C23H54NO4PSi3. The van der Waals surface area contributed by atoms with E-state index in [4.69, 9.17) is 8.64 Å².